The van der Waals surface area contributed by atoms with E-state index in [0.29, 0.717) is 12.2 Å². The molecule has 0 amide bonds. The minimum absolute atomic E-state index is 0.325. The molecule has 1 nitrogen and oxygen atoms in total. The fraction of sp³-hybridized carbons (Fsp3) is 0.125. The second-order valence-electron chi connectivity index (χ2n) is 4.35. The zero-order chi connectivity index (χ0) is 12.4. The number of hydrogen-bond acceptors (Lipinski definition) is 1. The van der Waals surface area contributed by atoms with Crippen molar-refractivity contribution in [2.24, 2.45) is 0 Å². The molecule has 2 aromatic carbocycles. The SMILES string of the molecule is C=C(C)C(=C)Cc1c(O)ccc2ccccc12. The van der Waals surface area contributed by atoms with E-state index < -0.39 is 0 Å². The maximum atomic E-state index is 9.97. The summed E-state index contributed by atoms with van der Waals surface area (Å²) in [5.41, 5.74) is 2.84. The van der Waals surface area contributed by atoms with E-state index in [4.69, 9.17) is 0 Å². The van der Waals surface area contributed by atoms with Gasteiger partial charge in [-0.15, -0.1) is 0 Å². The van der Waals surface area contributed by atoms with Crippen LogP contribution in [0.2, 0.25) is 0 Å². The monoisotopic (exact) mass is 224 g/mol. The minimum atomic E-state index is 0.325. The first-order valence-corrected chi connectivity index (χ1v) is 5.63. The van der Waals surface area contributed by atoms with Gasteiger partial charge in [-0.3, -0.25) is 0 Å². The highest BCUT2D eigenvalue weighted by Crippen LogP contribution is 2.29. The van der Waals surface area contributed by atoms with Gasteiger partial charge >= 0.3 is 0 Å². The molecule has 0 saturated carbocycles. The molecule has 86 valence electrons. The van der Waals surface area contributed by atoms with E-state index >= 15 is 0 Å². The summed E-state index contributed by atoms with van der Waals surface area (Å²) in [6.45, 7) is 9.80. The first kappa shape index (κ1) is 11.5. The van der Waals surface area contributed by atoms with E-state index in [1.807, 2.05) is 37.3 Å². The standard InChI is InChI=1S/C16H16O/c1-11(2)12(3)10-15-14-7-5-4-6-13(14)8-9-16(15)17/h4-9,17H,1,3,10H2,2H3. The van der Waals surface area contributed by atoms with Crippen LogP contribution in [-0.4, -0.2) is 5.11 Å². The molecule has 0 atom stereocenters. The molecule has 0 unspecified atom stereocenters. The Morgan fingerprint density at radius 1 is 1.12 bits per heavy atom. The van der Waals surface area contributed by atoms with E-state index in [1.165, 1.54) is 0 Å². The van der Waals surface area contributed by atoms with Crippen molar-refractivity contribution in [1.29, 1.82) is 0 Å². The summed E-state index contributed by atoms with van der Waals surface area (Å²) in [6.07, 6.45) is 0.641. The minimum Gasteiger partial charge on any atom is -0.508 e. The van der Waals surface area contributed by atoms with Crippen LogP contribution >= 0.6 is 0 Å². The number of fused-ring (bicyclic) bond motifs is 1. The second kappa shape index (κ2) is 4.46. The fourth-order valence-corrected chi connectivity index (χ4v) is 1.87. The van der Waals surface area contributed by atoms with Crippen molar-refractivity contribution in [3.8, 4) is 5.75 Å². The molecule has 0 radical (unpaired) electrons. The Kier molecular flexibility index (Phi) is 3.01. The smallest absolute Gasteiger partial charge is 0.119 e. The van der Waals surface area contributed by atoms with Crippen molar-refractivity contribution in [3.63, 3.8) is 0 Å². The number of phenols is 1. The maximum absolute atomic E-state index is 9.97. The number of hydrogen-bond donors (Lipinski definition) is 1. The second-order valence-corrected chi connectivity index (χ2v) is 4.35. The highest BCUT2D eigenvalue weighted by molar-refractivity contribution is 5.88. The van der Waals surface area contributed by atoms with Gasteiger partial charge in [-0.25, -0.2) is 0 Å². The average molecular weight is 224 g/mol. The van der Waals surface area contributed by atoms with Crippen LogP contribution in [0.1, 0.15) is 12.5 Å². The van der Waals surface area contributed by atoms with Crippen LogP contribution in [0.3, 0.4) is 0 Å². The van der Waals surface area contributed by atoms with Crippen molar-refractivity contribution in [3.05, 3.63) is 66.3 Å². The van der Waals surface area contributed by atoms with E-state index in [2.05, 4.69) is 13.2 Å². The number of rotatable bonds is 3. The van der Waals surface area contributed by atoms with Crippen molar-refractivity contribution in [1.82, 2.24) is 0 Å². The Hall–Kier alpha value is -2.02. The first-order chi connectivity index (χ1) is 8.09. The molecule has 0 spiro atoms. The van der Waals surface area contributed by atoms with Crippen molar-refractivity contribution in [2.45, 2.75) is 13.3 Å². The molecule has 0 aliphatic heterocycles. The summed E-state index contributed by atoms with van der Waals surface area (Å²) >= 11 is 0. The van der Waals surface area contributed by atoms with Crippen molar-refractivity contribution < 1.29 is 5.11 Å². The lowest BCUT2D eigenvalue weighted by molar-refractivity contribution is 0.470. The summed E-state index contributed by atoms with van der Waals surface area (Å²) in [6, 6.07) is 11.7. The third kappa shape index (κ3) is 2.23. The normalized spacial score (nSPS) is 10.4. The van der Waals surface area contributed by atoms with Gasteiger partial charge in [0.1, 0.15) is 5.75 Å². The summed E-state index contributed by atoms with van der Waals surface area (Å²) in [5.74, 6) is 0.325. The Bertz CT molecular complexity index is 593. The van der Waals surface area contributed by atoms with Crippen LogP contribution in [0.15, 0.2) is 60.7 Å². The van der Waals surface area contributed by atoms with E-state index in [-0.39, 0.29) is 0 Å². The Balaban J connectivity index is 2.55. The summed E-state index contributed by atoms with van der Waals surface area (Å²) in [5, 5.41) is 12.2. The summed E-state index contributed by atoms with van der Waals surface area (Å²) in [7, 11) is 0. The number of aromatic hydroxyl groups is 1. The summed E-state index contributed by atoms with van der Waals surface area (Å²) < 4.78 is 0. The predicted octanol–water partition coefficient (Wildman–Crippen LogP) is 4.22. The van der Waals surface area contributed by atoms with Gasteiger partial charge in [-0.1, -0.05) is 49.1 Å². The predicted molar refractivity (Wildman–Crippen MR) is 73.3 cm³/mol. The molecule has 0 aromatic heterocycles. The van der Waals surface area contributed by atoms with Crippen molar-refractivity contribution in [2.75, 3.05) is 0 Å². The van der Waals surface area contributed by atoms with Gasteiger partial charge in [0.2, 0.25) is 0 Å². The van der Waals surface area contributed by atoms with Crippen LogP contribution in [0.4, 0.5) is 0 Å². The van der Waals surface area contributed by atoms with Crippen molar-refractivity contribution >= 4 is 10.8 Å². The molecular formula is C16H16O. The zero-order valence-electron chi connectivity index (χ0n) is 10.0. The number of allylic oxidation sites excluding steroid dienone is 2. The average Bonchev–Trinajstić information content (AvgIpc) is 2.32. The van der Waals surface area contributed by atoms with Gasteiger partial charge < -0.3 is 5.11 Å². The molecule has 0 fully saturated rings. The van der Waals surface area contributed by atoms with Gasteiger partial charge in [0.25, 0.3) is 0 Å². The molecular weight excluding hydrogens is 208 g/mol. The molecule has 1 N–H and O–H groups in total. The van der Waals surface area contributed by atoms with Gasteiger partial charge in [-0.2, -0.15) is 0 Å². The Morgan fingerprint density at radius 3 is 2.53 bits per heavy atom. The third-order valence-electron chi connectivity index (χ3n) is 3.01. The van der Waals surface area contributed by atoms with Crippen LogP contribution in [-0.2, 0) is 6.42 Å². The summed E-state index contributed by atoms with van der Waals surface area (Å²) in [4.78, 5) is 0. The van der Waals surface area contributed by atoms with Gasteiger partial charge in [-0.05, 0) is 29.3 Å². The maximum Gasteiger partial charge on any atom is 0.119 e. The van der Waals surface area contributed by atoms with Crippen LogP contribution in [0.5, 0.6) is 5.75 Å². The number of phenolic OH excluding ortho intramolecular Hbond substituents is 1. The van der Waals surface area contributed by atoms with Gasteiger partial charge in [0.15, 0.2) is 0 Å². The molecule has 0 aliphatic carbocycles. The molecule has 2 aromatic rings. The van der Waals surface area contributed by atoms with Gasteiger partial charge in [0.05, 0.1) is 0 Å². The van der Waals surface area contributed by atoms with Crippen LogP contribution in [0, 0.1) is 0 Å². The highest BCUT2D eigenvalue weighted by Gasteiger charge is 2.08. The van der Waals surface area contributed by atoms with E-state index in [0.717, 1.165) is 27.5 Å². The molecule has 0 bridgehead atoms. The third-order valence-corrected chi connectivity index (χ3v) is 3.01. The molecule has 2 rings (SSSR count). The molecule has 0 saturated heterocycles. The first-order valence-electron chi connectivity index (χ1n) is 5.63. The molecule has 0 aliphatic rings. The zero-order valence-corrected chi connectivity index (χ0v) is 10.0. The molecule has 1 heteroatoms. The lowest BCUT2D eigenvalue weighted by Gasteiger charge is -2.11. The van der Waals surface area contributed by atoms with E-state index in [1.54, 1.807) is 6.07 Å². The molecule has 0 heterocycles. The van der Waals surface area contributed by atoms with Crippen LogP contribution in [0.25, 0.3) is 10.8 Å². The topological polar surface area (TPSA) is 20.2 Å². The highest BCUT2D eigenvalue weighted by atomic mass is 16.3. The van der Waals surface area contributed by atoms with E-state index in [9.17, 15) is 5.11 Å². The lowest BCUT2D eigenvalue weighted by Crippen LogP contribution is -1.92. The number of benzene rings is 2. The lowest BCUT2D eigenvalue weighted by atomic mass is 9.96. The fourth-order valence-electron chi connectivity index (χ4n) is 1.87. The van der Waals surface area contributed by atoms with Gasteiger partial charge in [0, 0.05) is 12.0 Å². The quantitative estimate of drug-likeness (QED) is 0.774. The Morgan fingerprint density at radius 2 is 1.82 bits per heavy atom. The Labute approximate surface area is 102 Å². The largest absolute Gasteiger partial charge is 0.508 e. The van der Waals surface area contributed by atoms with Crippen LogP contribution < -0.4 is 0 Å². The molecule has 17 heavy (non-hydrogen) atoms.